The van der Waals surface area contributed by atoms with Gasteiger partial charge < -0.3 is 4.74 Å². The molecule has 5 aromatic rings. The van der Waals surface area contributed by atoms with Crippen molar-refractivity contribution in [3.63, 3.8) is 0 Å². The number of nitrogens with zero attached hydrogens (tertiary/aromatic N) is 2. The summed E-state index contributed by atoms with van der Waals surface area (Å²) < 4.78 is 106. The van der Waals surface area contributed by atoms with E-state index >= 15 is 4.39 Å². The predicted octanol–water partition coefficient (Wildman–Crippen LogP) is 10.0. The highest BCUT2D eigenvalue weighted by Crippen LogP contribution is 2.38. The van der Waals surface area contributed by atoms with E-state index in [1.165, 1.54) is 30.3 Å². The van der Waals surface area contributed by atoms with Crippen LogP contribution in [-0.2, 0) is 12.5 Å². The van der Waals surface area contributed by atoms with E-state index in [4.69, 9.17) is 0 Å². The standard InChI is InChI=1S/C34H25F7N2O/c1-2-3-4-5-20-18-42-33(43-19-20)23-8-12-26(28(36)15-23)24-16-30(38)32(31(39)17-24)34(40,41)44-25-10-6-21(7-11-25)22-9-13-27(35)29(37)14-22/h6-19H,2-5H2,1H3. The first-order valence-corrected chi connectivity index (χ1v) is 13.8. The monoisotopic (exact) mass is 610 g/mol. The van der Waals surface area contributed by atoms with Crippen LogP contribution in [0.2, 0.25) is 0 Å². The fourth-order valence-electron chi connectivity index (χ4n) is 4.70. The van der Waals surface area contributed by atoms with Gasteiger partial charge in [0.25, 0.3) is 0 Å². The highest BCUT2D eigenvalue weighted by molar-refractivity contribution is 5.69. The first-order chi connectivity index (χ1) is 21.1. The summed E-state index contributed by atoms with van der Waals surface area (Å²) in [5.74, 6) is -6.46. The van der Waals surface area contributed by atoms with E-state index in [9.17, 15) is 26.3 Å². The minimum atomic E-state index is -4.45. The molecule has 4 aromatic carbocycles. The second-order valence-electron chi connectivity index (χ2n) is 10.2. The summed E-state index contributed by atoms with van der Waals surface area (Å²) in [5.41, 5.74) is -0.253. The average Bonchev–Trinajstić information content (AvgIpc) is 2.98. The molecule has 0 radical (unpaired) electrons. The van der Waals surface area contributed by atoms with E-state index < -0.39 is 46.5 Å². The number of hydrogen-bond donors (Lipinski definition) is 0. The molecule has 0 amide bonds. The van der Waals surface area contributed by atoms with Crippen molar-refractivity contribution in [3.8, 4) is 39.4 Å². The molecular formula is C34H25F7N2O. The SMILES string of the molecule is CCCCCc1cnc(-c2ccc(-c3cc(F)c(C(F)(F)Oc4ccc(-c5ccc(F)c(F)c5)cc4)c(F)c3)c(F)c2)nc1. The van der Waals surface area contributed by atoms with Crippen LogP contribution in [0.25, 0.3) is 33.6 Å². The number of aromatic nitrogens is 2. The van der Waals surface area contributed by atoms with Gasteiger partial charge in [-0.3, -0.25) is 0 Å². The molecule has 0 saturated carbocycles. The molecule has 3 nitrogen and oxygen atoms in total. The molecule has 0 fully saturated rings. The fourth-order valence-corrected chi connectivity index (χ4v) is 4.70. The molecule has 1 heterocycles. The van der Waals surface area contributed by atoms with Crippen molar-refractivity contribution in [3.05, 3.63) is 125 Å². The lowest BCUT2D eigenvalue weighted by Gasteiger charge is -2.20. The van der Waals surface area contributed by atoms with Gasteiger partial charge in [0.1, 0.15) is 28.8 Å². The maximum atomic E-state index is 15.1. The molecule has 10 heteroatoms. The molecule has 0 spiro atoms. The zero-order valence-corrected chi connectivity index (χ0v) is 23.4. The van der Waals surface area contributed by atoms with E-state index in [1.807, 2.05) is 0 Å². The fraction of sp³-hybridized carbons (Fsp3) is 0.176. The maximum absolute atomic E-state index is 15.1. The first kappa shape index (κ1) is 30.7. The van der Waals surface area contributed by atoms with Crippen LogP contribution in [0.1, 0.15) is 37.3 Å². The van der Waals surface area contributed by atoms with Gasteiger partial charge in [-0.05, 0) is 77.6 Å². The molecule has 0 bridgehead atoms. The third-order valence-corrected chi connectivity index (χ3v) is 7.00. The molecule has 0 unspecified atom stereocenters. The zero-order valence-electron chi connectivity index (χ0n) is 23.4. The number of halogens is 7. The largest absolute Gasteiger partial charge is 0.432 e. The van der Waals surface area contributed by atoms with Crippen LogP contribution in [0.3, 0.4) is 0 Å². The molecule has 0 atom stereocenters. The molecule has 0 aliphatic rings. The van der Waals surface area contributed by atoms with Crippen molar-refractivity contribution in [2.24, 2.45) is 0 Å². The van der Waals surface area contributed by atoms with Crippen LogP contribution in [0, 0.1) is 29.1 Å². The normalized spacial score (nSPS) is 11.5. The third kappa shape index (κ3) is 6.74. The van der Waals surface area contributed by atoms with Crippen molar-refractivity contribution < 1.29 is 35.5 Å². The third-order valence-electron chi connectivity index (χ3n) is 7.00. The van der Waals surface area contributed by atoms with Crippen LogP contribution < -0.4 is 4.74 Å². The van der Waals surface area contributed by atoms with E-state index in [0.717, 1.165) is 61.6 Å². The zero-order chi connectivity index (χ0) is 31.4. The molecule has 1 aromatic heterocycles. The van der Waals surface area contributed by atoms with Gasteiger partial charge in [-0.25, -0.2) is 31.9 Å². The van der Waals surface area contributed by atoms with Gasteiger partial charge in [-0.1, -0.05) is 50.1 Å². The molecular weight excluding hydrogens is 585 g/mol. The Bertz CT molecular complexity index is 1750. The number of aryl methyl sites for hydroxylation is 1. The summed E-state index contributed by atoms with van der Waals surface area (Å²) in [6, 6.07) is 13.0. The minimum Gasteiger partial charge on any atom is -0.429 e. The van der Waals surface area contributed by atoms with Crippen molar-refractivity contribution >= 4 is 0 Å². The summed E-state index contributed by atoms with van der Waals surface area (Å²) in [6.45, 7) is 2.10. The van der Waals surface area contributed by atoms with Crippen LogP contribution >= 0.6 is 0 Å². The topological polar surface area (TPSA) is 35.0 Å². The number of unbranched alkanes of at least 4 members (excludes halogenated alkanes) is 2. The summed E-state index contributed by atoms with van der Waals surface area (Å²) in [6.07, 6.45) is 2.87. The second kappa shape index (κ2) is 12.9. The summed E-state index contributed by atoms with van der Waals surface area (Å²) in [4.78, 5) is 8.55. The van der Waals surface area contributed by atoms with Crippen LogP contribution in [0.5, 0.6) is 5.75 Å². The Morgan fingerprint density at radius 1 is 0.614 bits per heavy atom. The van der Waals surface area contributed by atoms with Gasteiger partial charge in [-0.15, -0.1) is 0 Å². The van der Waals surface area contributed by atoms with E-state index in [-0.39, 0.29) is 22.5 Å². The molecule has 44 heavy (non-hydrogen) atoms. The van der Waals surface area contributed by atoms with Crippen molar-refractivity contribution in [2.75, 3.05) is 0 Å². The van der Waals surface area contributed by atoms with E-state index in [1.54, 1.807) is 12.4 Å². The van der Waals surface area contributed by atoms with Crippen LogP contribution in [0.15, 0.2) is 85.2 Å². The minimum absolute atomic E-state index is 0.216. The van der Waals surface area contributed by atoms with Gasteiger partial charge >= 0.3 is 6.11 Å². The van der Waals surface area contributed by atoms with Crippen LogP contribution in [-0.4, -0.2) is 9.97 Å². The van der Waals surface area contributed by atoms with Gasteiger partial charge in [0, 0.05) is 23.5 Å². The lowest BCUT2D eigenvalue weighted by Crippen LogP contribution is -2.25. The Morgan fingerprint density at radius 2 is 1.20 bits per heavy atom. The molecule has 0 aliphatic carbocycles. The predicted molar refractivity (Wildman–Crippen MR) is 152 cm³/mol. The lowest BCUT2D eigenvalue weighted by atomic mass is 10.00. The van der Waals surface area contributed by atoms with Crippen molar-refractivity contribution in [2.45, 2.75) is 38.7 Å². The smallest absolute Gasteiger partial charge is 0.429 e. The van der Waals surface area contributed by atoms with Crippen molar-refractivity contribution in [1.29, 1.82) is 0 Å². The second-order valence-corrected chi connectivity index (χ2v) is 10.2. The number of ether oxygens (including phenoxy) is 1. The van der Waals surface area contributed by atoms with Crippen LogP contribution in [0.4, 0.5) is 30.7 Å². The number of rotatable bonds is 10. The number of hydrogen-bond acceptors (Lipinski definition) is 3. The molecule has 226 valence electrons. The summed E-state index contributed by atoms with van der Waals surface area (Å²) in [7, 11) is 0. The average molecular weight is 611 g/mol. The van der Waals surface area contributed by atoms with E-state index in [0.29, 0.717) is 23.3 Å². The van der Waals surface area contributed by atoms with Gasteiger partial charge in [0.15, 0.2) is 17.5 Å². The Morgan fingerprint density at radius 3 is 1.82 bits per heavy atom. The first-order valence-electron chi connectivity index (χ1n) is 13.8. The highest BCUT2D eigenvalue weighted by atomic mass is 19.3. The molecule has 0 saturated heterocycles. The molecule has 0 aliphatic heterocycles. The van der Waals surface area contributed by atoms with E-state index in [2.05, 4.69) is 21.6 Å². The summed E-state index contributed by atoms with van der Waals surface area (Å²) >= 11 is 0. The summed E-state index contributed by atoms with van der Waals surface area (Å²) in [5, 5.41) is 0. The Balaban J connectivity index is 1.34. The van der Waals surface area contributed by atoms with Crippen molar-refractivity contribution in [1.82, 2.24) is 9.97 Å². The Kier molecular flexibility index (Phi) is 8.98. The quantitative estimate of drug-likeness (QED) is 0.117. The maximum Gasteiger partial charge on any atom is 0.432 e. The molecule has 5 rings (SSSR count). The molecule has 0 N–H and O–H groups in total. The number of alkyl halides is 2. The van der Waals surface area contributed by atoms with Gasteiger partial charge in [0.05, 0.1) is 0 Å². The van der Waals surface area contributed by atoms with Gasteiger partial charge in [0.2, 0.25) is 0 Å². The Hall–Kier alpha value is -4.73. The highest BCUT2D eigenvalue weighted by Gasteiger charge is 2.41. The lowest BCUT2D eigenvalue weighted by molar-refractivity contribution is -0.189. The van der Waals surface area contributed by atoms with Gasteiger partial charge in [-0.2, -0.15) is 8.78 Å². The Labute approximate surface area is 249 Å². The number of benzene rings is 4.